The van der Waals surface area contributed by atoms with Crippen molar-refractivity contribution in [3.63, 3.8) is 0 Å². The van der Waals surface area contributed by atoms with Gasteiger partial charge in [0.1, 0.15) is 5.75 Å². The van der Waals surface area contributed by atoms with Crippen LogP contribution in [0.15, 0.2) is 24.3 Å². The molecule has 0 spiro atoms. The predicted molar refractivity (Wildman–Crippen MR) is 71.4 cm³/mol. The van der Waals surface area contributed by atoms with Crippen LogP contribution in [0, 0.1) is 5.92 Å². The maximum absolute atomic E-state index is 11.9. The fraction of sp³-hybridized carbons (Fsp3) is 0.429. The second-order valence-electron chi connectivity index (χ2n) is 5.01. The lowest BCUT2D eigenvalue weighted by Gasteiger charge is -2.33. The van der Waals surface area contributed by atoms with E-state index in [0.29, 0.717) is 17.9 Å². The minimum atomic E-state index is -1.71. The Kier molecular flexibility index (Phi) is 3.94. The number of phenolic OH excluding ortho intramolecular Hbond substituents is 1. The Bertz CT molecular complexity index is 498. The average Bonchev–Trinajstić information content (AvgIpc) is 3.23. The van der Waals surface area contributed by atoms with Gasteiger partial charge in [0.25, 0.3) is 5.91 Å². The fourth-order valence-corrected chi connectivity index (χ4v) is 2.18. The lowest BCUT2D eigenvalue weighted by atomic mass is 10.0. The Morgan fingerprint density at radius 2 is 2.10 bits per heavy atom. The van der Waals surface area contributed by atoms with Gasteiger partial charge >= 0.3 is 0 Å². The molecule has 1 aliphatic carbocycles. The van der Waals surface area contributed by atoms with Gasteiger partial charge in [0.05, 0.1) is 6.10 Å². The topological polar surface area (TPSA) is 102 Å². The molecule has 108 valence electrons. The summed E-state index contributed by atoms with van der Waals surface area (Å²) < 4.78 is 5.79. The minimum Gasteiger partial charge on any atom is -0.508 e. The lowest BCUT2D eigenvalue weighted by Crippen LogP contribution is -2.55. The van der Waals surface area contributed by atoms with Crippen molar-refractivity contribution in [2.75, 3.05) is 0 Å². The molecule has 6 heteroatoms. The zero-order valence-corrected chi connectivity index (χ0v) is 11.2. The molecule has 1 aromatic rings. The number of amides is 2. The van der Waals surface area contributed by atoms with Gasteiger partial charge in [0.2, 0.25) is 12.1 Å². The first-order chi connectivity index (χ1) is 9.49. The number of hydrogen-bond acceptors (Lipinski definition) is 4. The van der Waals surface area contributed by atoms with Crippen LogP contribution in [0.2, 0.25) is 0 Å². The van der Waals surface area contributed by atoms with Crippen molar-refractivity contribution in [2.24, 2.45) is 11.7 Å². The summed E-state index contributed by atoms with van der Waals surface area (Å²) in [4.78, 5) is 22.8. The van der Waals surface area contributed by atoms with Crippen molar-refractivity contribution in [1.29, 1.82) is 0 Å². The Morgan fingerprint density at radius 1 is 1.50 bits per heavy atom. The molecule has 0 aromatic heterocycles. The molecule has 0 heterocycles. The molecule has 2 rings (SSSR count). The fourth-order valence-electron chi connectivity index (χ4n) is 2.18. The molecule has 2 unspecified atom stereocenters. The summed E-state index contributed by atoms with van der Waals surface area (Å²) in [6.07, 6.45) is 2.25. The van der Waals surface area contributed by atoms with Crippen LogP contribution in [0.1, 0.15) is 25.3 Å². The van der Waals surface area contributed by atoms with Gasteiger partial charge in [0, 0.05) is 5.56 Å². The van der Waals surface area contributed by atoms with Gasteiger partial charge in [-0.2, -0.15) is 0 Å². The highest BCUT2D eigenvalue weighted by atomic mass is 16.5. The average molecular weight is 278 g/mol. The first-order valence-electron chi connectivity index (χ1n) is 6.48. The van der Waals surface area contributed by atoms with Gasteiger partial charge in [-0.3, -0.25) is 9.59 Å². The number of nitrogens with one attached hydrogen (secondary N) is 1. The number of rotatable bonds is 7. The standard InChI is InChI=1S/C14H18N2O4/c1-9(10-2-3-10)20-14(13(15)19,16-8-17)11-4-6-12(18)7-5-11/h4-10,18H,2-3H2,1H3,(H2,15,19)(H,16,17). The Morgan fingerprint density at radius 3 is 2.55 bits per heavy atom. The van der Waals surface area contributed by atoms with Gasteiger partial charge < -0.3 is 20.9 Å². The molecule has 0 radical (unpaired) electrons. The molecular weight excluding hydrogens is 260 g/mol. The molecule has 4 N–H and O–H groups in total. The Labute approximate surface area is 116 Å². The normalized spacial score (nSPS) is 18.9. The van der Waals surface area contributed by atoms with Crippen LogP contribution in [0.4, 0.5) is 0 Å². The van der Waals surface area contributed by atoms with Crippen molar-refractivity contribution in [3.8, 4) is 5.75 Å². The van der Waals surface area contributed by atoms with Crippen LogP contribution in [-0.4, -0.2) is 23.5 Å². The van der Waals surface area contributed by atoms with Gasteiger partial charge in [-0.05, 0) is 49.9 Å². The lowest BCUT2D eigenvalue weighted by molar-refractivity contribution is -0.165. The molecule has 20 heavy (non-hydrogen) atoms. The summed E-state index contributed by atoms with van der Waals surface area (Å²) in [7, 11) is 0. The molecule has 0 saturated heterocycles. The summed E-state index contributed by atoms with van der Waals surface area (Å²) in [5.74, 6) is -0.379. The van der Waals surface area contributed by atoms with Gasteiger partial charge in [0.15, 0.2) is 0 Å². The van der Waals surface area contributed by atoms with Crippen molar-refractivity contribution >= 4 is 12.3 Å². The zero-order chi connectivity index (χ0) is 14.8. The van der Waals surface area contributed by atoms with E-state index in [1.54, 1.807) is 0 Å². The molecule has 1 fully saturated rings. The first-order valence-corrected chi connectivity index (χ1v) is 6.48. The molecule has 1 saturated carbocycles. The van der Waals surface area contributed by atoms with E-state index in [9.17, 15) is 14.7 Å². The van der Waals surface area contributed by atoms with E-state index in [4.69, 9.17) is 10.5 Å². The molecule has 0 aliphatic heterocycles. The van der Waals surface area contributed by atoms with Crippen LogP contribution >= 0.6 is 0 Å². The summed E-state index contributed by atoms with van der Waals surface area (Å²) in [5, 5.41) is 11.7. The van der Waals surface area contributed by atoms with E-state index < -0.39 is 11.6 Å². The monoisotopic (exact) mass is 278 g/mol. The van der Waals surface area contributed by atoms with E-state index in [-0.39, 0.29) is 11.9 Å². The molecule has 1 aromatic carbocycles. The van der Waals surface area contributed by atoms with E-state index in [1.165, 1.54) is 24.3 Å². The highest BCUT2D eigenvalue weighted by molar-refractivity contribution is 5.86. The van der Waals surface area contributed by atoms with Crippen LogP contribution in [0.25, 0.3) is 0 Å². The number of carbonyl (C=O) groups is 2. The first kappa shape index (κ1) is 14.3. The highest BCUT2D eigenvalue weighted by Gasteiger charge is 2.44. The second-order valence-corrected chi connectivity index (χ2v) is 5.01. The Balaban J connectivity index is 2.36. The molecule has 0 bridgehead atoms. The molecule has 2 atom stereocenters. The summed E-state index contributed by atoms with van der Waals surface area (Å²) in [5.41, 5.74) is 4.12. The summed E-state index contributed by atoms with van der Waals surface area (Å²) >= 11 is 0. The number of phenols is 1. The van der Waals surface area contributed by atoms with Crippen LogP contribution in [0.3, 0.4) is 0 Å². The van der Waals surface area contributed by atoms with E-state index in [0.717, 1.165) is 12.8 Å². The van der Waals surface area contributed by atoms with Gasteiger partial charge in [-0.15, -0.1) is 0 Å². The van der Waals surface area contributed by atoms with Crippen molar-refractivity contribution in [3.05, 3.63) is 29.8 Å². The third-order valence-corrected chi connectivity index (χ3v) is 3.53. The molecule has 6 nitrogen and oxygen atoms in total. The molecular formula is C14H18N2O4. The summed E-state index contributed by atoms with van der Waals surface area (Å²) in [6.45, 7) is 1.85. The van der Waals surface area contributed by atoms with Crippen molar-refractivity contribution in [2.45, 2.75) is 31.6 Å². The summed E-state index contributed by atoms with van der Waals surface area (Å²) in [6, 6.07) is 5.81. The number of carbonyl (C=O) groups excluding carboxylic acids is 2. The number of benzene rings is 1. The zero-order valence-electron chi connectivity index (χ0n) is 11.2. The number of ether oxygens (including phenoxy) is 1. The highest BCUT2D eigenvalue weighted by Crippen LogP contribution is 2.37. The van der Waals surface area contributed by atoms with E-state index in [1.807, 2.05) is 6.92 Å². The van der Waals surface area contributed by atoms with Crippen molar-refractivity contribution in [1.82, 2.24) is 5.32 Å². The number of hydrogen-bond donors (Lipinski definition) is 3. The maximum atomic E-state index is 11.9. The maximum Gasteiger partial charge on any atom is 0.275 e. The third kappa shape index (κ3) is 2.75. The van der Waals surface area contributed by atoms with Crippen LogP contribution in [0.5, 0.6) is 5.75 Å². The van der Waals surface area contributed by atoms with Gasteiger partial charge in [-0.25, -0.2) is 0 Å². The van der Waals surface area contributed by atoms with Gasteiger partial charge in [-0.1, -0.05) is 0 Å². The van der Waals surface area contributed by atoms with Crippen LogP contribution in [-0.2, 0) is 20.1 Å². The van der Waals surface area contributed by atoms with Crippen molar-refractivity contribution < 1.29 is 19.4 Å². The SMILES string of the molecule is CC(OC(NC=O)(C(N)=O)c1ccc(O)cc1)C1CC1. The number of primary amides is 1. The minimum absolute atomic E-state index is 0.0495. The van der Waals surface area contributed by atoms with E-state index in [2.05, 4.69) is 5.32 Å². The molecule has 2 amide bonds. The third-order valence-electron chi connectivity index (χ3n) is 3.53. The molecule has 1 aliphatic rings. The van der Waals surface area contributed by atoms with E-state index >= 15 is 0 Å². The number of aromatic hydroxyl groups is 1. The van der Waals surface area contributed by atoms with Crippen LogP contribution < -0.4 is 11.1 Å². The smallest absolute Gasteiger partial charge is 0.275 e. The largest absolute Gasteiger partial charge is 0.508 e. The predicted octanol–water partition coefficient (Wildman–Crippen LogP) is 0.591. The second kappa shape index (κ2) is 5.50. The number of nitrogens with two attached hydrogens (primary N) is 1. The quantitative estimate of drug-likeness (QED) is 0.502. The Hall–Kier alpha value is -2.08.